The summed E-state index contributed by atoms with van der Waals surface area (Å²) in [6.45, 7) is 3.65. The summed E-state index contributed by atoms with van der Waals surface area (Å²) in [5.74, 6) is -1.38. The summed E-state index contributed by atoms with van der Waals surface area (Å²) in [7, 11) is 0. The van der Waals surface area contributed by atoms with Crippen molar-refractivity contribution < 1.29 is 14.7 Å². The number of nitrogens with one attached hydrogen (secondary N) is 1. The number of hydrogen-bond donors (Lipinski definition) is 2. The Hall–Kier alpha value is -1.75. The van der Waals surface area contributed by atoms with Gasteiger partial charge in [0.05, 0.1) is 0 Å². The van der Waals surface area contributed by atoms with Crippen molar-refractivity contribution in [3.63, 3.8) is 0 Å². The van der Waals surface area contributed by atoms with Crippen LogP contribution in [0.15, 0.2) is 35.2 Å². The summed E-state index contributed by atoms with van der Waals surface area (Å²) in [4.78, 5) is 24.3. The summed E-state index contributed by atoms with van der Waals surface area (Å²) >= 11 is 1.54. The second kappa shape index (κ2) is 7.75. The molecule has 20 heavy (non-hydrogen) atoms. The number of carboxylic acid groups (broad SMARTS) is 1. The first-order valence-electron chi connectivity index (χ1n) is 6.29. The molecule has 0 radical (unpaired) electrons. The van der Waals surface area contributed by atoms with Gasteiger partial charge in [0.15, 0.2) is 0 Å². The van der Waals surface area contributed by atoms with Crippen LogP contribution in [0.4, 0.5) is 0 Å². The summed E-state index contributed by atoms with van der Waals surface area (Å²) < 4.78 is 0. The van der Waals surface area contributed by atoms with Gasteiger partial charge in [-0.05, 0) is 44.2 Å². The van der Waals surface area contributed by atoms with Crippen molar-refractivity contribution in [2.75, 3.05) is 6.26 Å². The molecule has 5 heteroatoms. The number of benzene rings is 1. The number of aliphatic carboxylic acids is 1. The minimum absolute atomic E-state index is 0.277. The van der Waals surface area contributed by atoms with E-state index in [4.69, 9.17) is 5.11 Å². The first-order chi connectivity index (χ1) is 9.49. The molecule has 1 aromatic carbocycles. The van der Waals surface area contributed by atoms with E-state index >= 15 is 0 Å². The van der Waals surface area contributed by atoms with Gasteiger partial charge < -0.3 is 10.4 Å². The molecule has 1 atom stereocenters. The second-order valence-corrected chi connectivity index (χ2v) is 5.23. The van der Waals surface area contributed by atoms with E-state index < -0.39 is 12.0 Å². The van der Waals surface area contributed by atoms with Gasteiger partial charge in [0, 0.05) is 10.5 Å². The van der Waals surface area contributed by atoms with E-state index in [1.165, 1.54) is 0 Å². The number of carbonyl (C=O) groups is 2. The Kier molecular flexibility index (Phi) is 6.31. The molecule has 0 fully saturated rings. The van der Waals surface area contributed by atoms with Gasteiger partial charge in [0.2, 0.25) is 0 Å². The average molecular weight is 293 g/mol. The number of amides is 1. The lowest BCUT2D eigenvalue weighted by atomic mass is 10.1. The van der Waals surface area contributed by atoms with Gasteiger partial charge in [-0.2, -0.15) is 0 Å². The molecule has 4 nitrogen and oxygen atoms in total. The largest absolute Gasteiger partial charge is 0.480 e. The number of thioether (sulfide) groups is 1. The zero-order chi connectivity index (χ0) is 15.1. The lowest BCUT2D eigenvalue weighted by molar-refractivity contribution is -0.139. The predicted octanol–water partition coefficient (Wildman–Crippen LogP) is 2.87. The van der Waals surface area contributed by atoms with Crippen LogP contribution in [0.3, 0.4) is 0 Å². The number of carboxylic acids is 1. The van der Waals surface area contributed by atoms with Crippen LogP contribution in [-0.2, 0) is 4.79 Å². The van der Waals surface area contributed by atoms with Gasteiger partial charge in [-0.1, -0.05) is 18.2 Å². The van der Waals surface area contributed by atoms with Gasteiger partial charge in [0.25, 0.3) is 5.91 Å². The number of rotatable bonds is 6. The van der Waals surface area contributed by atoms with E-state index in [1.807, 2.05) is 32.2 Å². The number of hydrogen-bond acceptors (Lipinski definition) is 3. The van der Waals surface area contributed by atoms with E-state index in [-0.39, 0.29) is 12.3 Å². The van der Waals surface area contributed by atoms with E-state index in [2.05, 4.69) is 5.32 Å². The summed E-state index contributed by atoms with van der Waals surface area (Å²) in [6, 6.07) is 4.67. The summed E-state index contributed by atoms with van der Waals surface area (Å²) in [5, 5.41) is 11.7. The fourth-order valence-electron chi connectivity index (χ4n) is 1.70. The summed E-state index contributed by atoms with van der Waals surface area (Å²) in [6.07, 6.45) is 5.70. The Bertz CT molecular complexity index is 526. The normalized spacial score (nSPS) is 12.3. The van der Waals surface area contributed by atoms with E-state index in [1.54, 1.807) is 30.0 Å². The van der Waals surface area contributed by atoms with Gasteiger partial charge in [-0.3, -0.25) is 4.79 Å². The lowest BCUT2D eigenvalue weighted by Crippen LogP contribution is -2.40. The zero-order valence-corrected chi connectivity index (χ0v) is 12.7. The highest BCUT2D eigenvalue weighted by molar-refractivity contribution is 7.98. The maximum Gasteiger partial charge on any atom is 0.326 e. The van der Waals surface area contributed by atoms with Crippen molar-refractivity contribution >= 4 is 23.6 Å². The van der Waals surface area contributed by atoms with Crippen LogP contribution >= 0.6 is 11.8 Å². The highest BCUT2D eigenvalue weighted by atomic mass is 32.2. The van der Waals surface area contributed by atoms with Crippen LogP contribution in [0.25, 0.3) is 0 Å². The van der Waals surface area contributed by atoms with Gasteiger partial charge in [-0.15, -0.1) is 11.8 Å². The zero-order valence-electron chi connectivity index (χ0n) is 11.8. The molecule has 0 aromatic heterocycles. The quantitative estimate of drug-likeness (QED) is 0.625. The Morgan fingerprint density at radius 2 is 2.15 bits per heavy atom. The van der Waals surface area contributed by atoms with Crippen LogP contribution in [-0.4, -0.2) is 29.3 Å². The minimum atomic E-state index is -1.03. The molecule has 0 saturated heterocycles. The SMILES string of the molecule is C/C=C/CC(NC(=O)c1cc(SC)ccc1C)C(=O)O. The molecule has 0 heterocycles. The molecule has 2 N–H and O–H groups in total. The first-order valence-corrected chi connectivity index (χ1v) is 7.51. The molecular formula is C15H19NO3S. The maximum absolute atomic E-state index is 12.2. The molecule has 1 aromatic rings. The first kappa shape index (κ1) is 16.3. The van der Waals surface area contributed by atoms with Crippen molar-refractivity contribution in [1.29, 1.82) is 0 Å². The van der Waals surface area contributed by atoms with Crippen LogP contribution in [0.5, 0.6) is 0 Å². The van der Waals surface area contributed by atoms with Crippen molar-refractivity contribution in [1.82, 2.24) is 5.32 Å². The van der Waals surface area contributed by atoms with Crippen LogP contribution in [0.2, 0.25) is 0 Å². The van der Waals surface area contributed by atoms with E-state index in [9.17, 15) is 9.59 Å². The molecule has 0 aliphatic carbocycles. The molecule has 108 valence electrons. The van der Waals surface area contributed by atoms with Gasteiger partial charge >= 0.3 is 5.97 Å². The van der Waals surface area contributed by atoms with Gasteiger partial charge in [0.1, 0.15) is 6.04 Å². The fourth-order valence-corrected chi connectivity index (χ4v) is 2.14. The molecular weight excluding hydrogens is 274 g/mol. The van der Waals surface area contributed by atoms with Gasteiger partial charge in [-0.25, -0.2) is 4.79 Å². The third-order valence-electron chi connectivity index (χ3n) is 2.90. The third kappa shape index (κ3) is 4.42. The van der Waals surface area contributed by atoms with Crippen molar-refractivity contribution in [2.45, 2.75) is 31.2 Å². The van der Waals surface area contributed by atoms with Crippen LogP contribution in [0.1, 0.15) is 29.3 Å². The fraction of sp³-hybridized carbons (Fsp3) is 0.333. The standard InChI is InChI=1S/C15H19NO3S/c1-4-5-6-13(15(18)19)16-14(17)12-9-11(20-3)8-7-10(12)2/h4-5,7-9,13H,6H2,1-3H3,(H,16,17)(H,18,19)/b5-4+. The Morgan fingerprint density at radius 3 is 2.70 bits per heavy atom. The Balaban J connectivity index is 2.91. The molecule has 0 bridgehead atoms. The number of allylic oxidation sites excluding steroid dienone is 1. The minimum Gasteiger partial charge on any atom is -0.480 e. The molecule has 1 unspecified atom stereocenters. The van der Waals surface area contributed by atoms with Crippen molar-refractivity contribution in [2.24, 2.45) is 0 Å². The lowest BCUT2D eigenvalue weighted by Gasteiger charge is -2.14. The maximum atomic E-state index is 12.2. The smallest absolute Gasteiger partial charge is 0.326 e. The number of aryl methyl sites for hydroxylation is 1. The Labute approximate surface area is 123 Å². The monoisotopic (exact) mass is 293 g/mol. The molecule has 1 rings (SSSR count). The second-order valence-electron chi connectivity index (χ2n) is 4.35. The third-order valence-corrected chi connectivity index (χ3v) is 3.63. The molecule has 0 aliphatic heterocycles. The van der Waals surface area contributed by atoms with E-state index in [0.29, 0.717) is 5.56 Å². The average Bonchev–Trinajstić information content (AvgIpc) is 2.43. The van der Waals surface area contributed by atoms with E-state index in [0.717, 1.165) is 10.5 Å². The highest BCUT2D eigenvalue weighted by Gasteiger charge is 2.20. The predicted molar refractivity (Wildman–Crippen MR) is 81.3 cm³/mol. The Morgan fingerprint density at radius 1 is 1.45 bits per heavy atom. The molecule has 1 amide bonds. The van der Waals surface area contributed by atoms with Crippen LogP contribution in [0, 0.1) is 6.92 Å². The summed E-state index contributed by atoms with van der Waals surface area (Å²) in [5.41, 5.74) is 1.35. The number of carbonyl (C=O) groups excluding carboxylic acids is 1. The molecule has 0 saturated carbocycles. The van der Waals surface area contributed by atoms with Crippen molar-refractivity contribution in [3.05, 3.63) is 41.5 Å². The van der Waals surface area contributed by atoms with Crippen LogP contribution < -0.4 is 5.32 Å². The highest BCUT2D eigenvalue weighted by Crippen LogP contribution is 2.19. The van der Waals surface area contributed by atoms with Crippen molar-refractivity contribution in [3.8, 4) is 0 Å². The molecule has 0 spiro atoms. The topological polar surface area (TPSA) is 66.4 Å². The molecule has 0 aliphatic rings.